The van der Waals surface area contributed by atoms with E-state index < -0.39 is 0 Å². The summed E-state index contributed by atoms with van der Waals surface area (Å²) in [4.78, 5) is 4.18. The van der Waals surface area contributed by atoms with Gasteiger partial charge in [0.05, 0.1) is 5.60 Å². The number of nitrogens with two attached hydrogens (primary N) is 1. The SMILES string of the molecule is CCOC1(C(N)Cc2cccnc2)CCC(C)(C)CC1. The van der Waals surface area contributed by atoms with Crippen LogP contribution in [0.5, 0.6) is 0 Å². The lowest BCUT2D eigenvalue weighted by atomic mass is 9.68. The molecule has 0 aromatic carbocycles. The average molecular weight is 276 g/mol. The van der Waals surface area contributed by atoms with Crippen molar-refractivity contribution in [3.63, 3.8) is 0 Å². The molecule has 1 heterocycles. The second-order valence-corrected chi connectivity index (χ2v) is 6.83. The van der Waals surface area contributed by atoms with Crippen molar-refractivity contribution >= 4 is 0 Å². The Labute approximate surface area is 122 Å². The van der Waals surface area contributed by atoms with E-state index in [0.29, 0.717) is 5.41 Å². The lowest BCUT2D eigenvalue weighted by molar-refractivity contribution is -0.0987. The third kappa shape index (κ3) is 3.58. The van der Waals surface area contributed by atoms with E-state index in [9.17, 15) is 0 Å². The van der Waals surface area contributed by atoms with E-state index in [-0.39, 0.29) is 11.6 Å². The number of ether oxygens (including phenoxy) is 1. The number of hydrogen-bond donors (Lipinski definition) is 1. The maximum atomic E-state index is 6.54. The van der Waals surface area contributed by atoms with Crippen LogP contribution in [0, 0.1) is 5.41 Å². The van der Waals surface area contributed by atoms with E-state index in [4.69, 9.17) is 10.5 Å². The van der Waals surface area contributed by atoms with Gasteiger partial charge in [0.25, 0.3) is 0 Å². The smallest absolute Gasteiger partial charge is 0.0836 e. The van der Waals surface area contributed by atoms with Gasteiger partial charge in [-0.3, -0.25) is 4.98 Å². The van der Waals surface area contributed by atoms with Gasteiger partial charge >= 0.3 is 0 Å². The molecule has 20 heavy (non-hydrogen) atoms. The molecule has 0 amide bonds. The van der Waals surface area contributed by atoms with Gasteiger partial charge in [0.2, 0.25) is 0 Å². The Bertz CT molecular complexity index is 406. The zero-order chi connectivity index (χ0) is 14.6. The Hall–Kier alpha value is -0.930. The monoisotopic (exact) mass is 276 g/mol. The van der Waals surface area contributed by atoms with Gasteiger partial charge in [-0.15, -0.1) is 0 Å². The first kappa shape index (κ1) is 15.5. The summed E-state index contributed by atoms with van der Waals surface area (Å²) in [5.41, 5.74) is 8.01. The molecule has 1 unspecified atom stereocenters. The molecular weight excluding hydrogens is 248 g/mol. The lowest BCUT2D eigenvalue weighted by Crippen LogP contribution is -2.54. The summed E-state index contributed by atoms with van der Waals surface area (Å²) in [6.07, 6.45) is 9.06. The highest BCUT2D eigenvalue weighted by Crippen LogP contribution is 2.43. The van der Waals surface area contributed by atoms with E-state index in [1.54, 1.807) is 6.20 Å². The summed E-state index contributed by atoms with van der Waals surface area (Å²) in [5.74, 6) is 0. The number of aromatic nitrogens is 1. The summed E-state index contributed by atoms with van der Waals surface area (Å²) in [7, 11) is 0. The van der Waals surface area contributed by atoms with Crippen LogP contribution in [-0.4, -0.2) is 23.2 Å². The normalized spacial score (nSPS) is 22.4. The molecule has 3 heteroatoms. The molecule has 0 spiro atoms. The Kier molecular flexibility index (Phi) is 4.82. The van der Waals surface area contributed by atoms with Crippen LogP contribution in [0.15, 0.2) is 24.5 Å². The minimum atomic E-state index is -0.153. The van der Waals surface area contributed by atoms with Gasteiger partial charge in [0.1, 0.15) is 0 Å². The van der Waals surface area contributed by atoms with Gasteiger partial charge < -0.3 is 10.5 Å². The molecule has 2 rings (SSSR count). The van der Waals surface area contributed by atoms with E-state index >= 15 is 0 Å². The highest BCUT2D eigenvalue weighted by atomic mass is 16.5. The third-order valence-electron chi connectivity index (χ3n) is 4.74. The molecule has 1 atom stereocenters. The van der Waals surface area contributed by atoms with Crippen molar-refractivity contribution in [2.24, 2.45) is 11.1 Å². The van der Waals surface area contributed by atoms with Crippen molar-refractivity contribution in [1.82, 2.24) is 4.98 Å². The van der Waals surface area contributed by atoms with Gasteiger partial charge in [-0.05, 0) is 56.1 Å². The van der Waals surface area contributed by atoms with Crippen molar-refractivity contribution in [2.45, 2.75) is 64.5 Å². The van der Waals surface area contributed by atoms with E-state index in [1.807, 2.05) is 12.3 Å². The second kappa shape index (κ2) is 6.23. The summed E-state index contributed by atoms with van der Waals surface area (Å²) < 4.78 is 6.15. The molecule has 1 aliphatic rings. The largest absolute Gasteiger partial charge is 0.374 e. The first-order chi connectivity index (χ1) is 9.47. The van der Waals surface area contributed by atoms with Crippen LogP contribution in [0.1, 0.15) is 52.0 Å². The molecule has 1 saturated carbocycles. The van der Waals surface area contributed by atoms with Gasteiger partial charge in [-0.2, -0.15) is 0 Å². The van der Waals surface area contributed by atoms with Gasteiger partial charge in [0.15, 0.2) is 0 Å². The van der Waals surface area contributed by atoms with Crippen LogP contribution in [0.25, 0.3) is 0 Å². The number of rotatable bonds is 5. The standard InChI is InChI=1S/C17H28N2O/c1-4-20-17(9-7-16(2,3)8-10-17)15(18)12-14-6-5-11-19-13-14/h5-6,11,13,15H,4,7-10,12,18H2,1-3H3. The van der Waals surface area contributed by atoms with Gasteiger partial charge in [0, 0.05) is 25.0 Å². The number of hydrogen-bond acceptors (Lipinski definition) is 3. The van der Waals surface area contributed by atoms with Crippen molar-refractivity contribution < 1.29 is 4.74 Å². The molecule has 3 nitrogen and oxygen atoms in total. The predicted molar refractivity (Wildman–Crippen MR) is 82.5 cm³/mol. The lowest BCUT2D eigenvalue weighted by Gasteiger charge is -2.46. The highest BCUT2D eigenvalue weighted by molar-refractivity contribution is 5.13. The average Bonchev–Trinajstić information content (AvgIpc) is 2.43. The summed E-state index contributed by atoms with van der Waals surface area (Å²) >= 11 is 0. The fourth-order valence-corrected chi connectivity index (χ4v) is 3.22. The molecule has 1 fully saturated rings. The highest BCUT2D eigenvalue weighted by Gasteiger charge is 2.43. The van der Waals surface area contributed by atoms with Crippen molar-refractivity contribution in [3.8, 4) is 0 Å². The first-order valence-corrected chi connectivity index (χ1v) is 7.76. The molecule has 1 aliphatic carbocycles. The third-order valence-corrected chi connectivity index (χ3v) is 4.74. The quantitative estimate of drug-likeness (QED) is 0.897. The van der Waals surface area contributed by atoms with Crippen molar-refractivity contribution in [3.05, 3.63) is 30.1 Å². The van der Waals surface area contributed by atoms with Crippen molar-refractivity contribution in [1.29, 1.82) is 0 Å². The minimum absolute atomic E-state index is 0.0442. The number of pyridine rings is 1. The van der Waals surface area contributed by atoms with Crippen LogP contribution in [-0.2, 0) is 11.2 Å². The second-order valence-electron chi connectivity index (χ2n) is 6.83. The Morgan fingerprint density at radius 1 is 1.30 bits per heavy atom. The molecule has 112 valence electrons. The fraction of sp³-hybridized carbons (Fsp3) is 0.706. The van der Waals surface area contributed by atoms with Crippen LogP contribution >= 0.6 is 0 Å². The minimum Gasteiger partial charge on any atom is -0.374 e. The van der Waals surface area contributed by atoms with Crippen LogP contribution in [0.2, 0.25) is 0 Å². The molecular formula is C17H28N2O. The van der Waals surface area contributed by atoms with Crippen LogP contribution in [0.3, 0.4) is 0 Å². The fourth-order valence-electron chi connectivity index (χ4n) is 3.22. The van der Waals surface area contributed by atoms with E-state index in [2.05, 4.69) is 31.8 Å². The summed E-state index contributed by atoms with van der Waals surface area (Å²) in [6.45, 7) is 7.49. The molecule has 0 bridgehead atoms. The van der Waals surface area contributed by atoms with Crippen LogP contribution in [0.4, 0.5) is 0 Å². The summed E-state index contributed by atoms with van der Waals surface area (Å²) in [5, 5.41) is 0. The zero-order valence-electron chi connectivity index (χ0n) is 13.1. The van der Waals surface area contributed by atoms with Gasteiger partial charge in [-0.1, -0.05) is 19.9 Å². The number of nitrogens with zero attached hydrogens (tertiary/aromatic N) is 1. The maximum absolute atomic E-state index is 6.54. The molecule has 0 saturated heterocycles. The molecule has 2 N–H and O–H groups in total. The van der Waals surface area contributed by atoms with Crippen LogP contribution < -0.4 is 5.73 Å². The Morgan fingerprint density at radius 2 is 2.00 bits per heavy atom. The first-order valence-electron chi connectivity index (χ1n) is 7.76. The molecule has 0 radical (unpaired) electrons. The maximum Gasteiger partial charge on any atom is 0.0836 e. The van der Waals surface area contributed by atoms with Crippen molar-refractivity contribution in [2.75, 3.05) is 6.61 Å². The molecule has 1 aromatic heterocycles. The zero-order valence-corrected chi connectivity index (χ0v) is 13.1. The van der Waals surface area contributed by atoms with E-state index in [1.165, 1.54) is 18.4 Å². The topological polar surface area (TPSA) is 48.1 Å². The Morgan fingerprint density at radius 3 is 2.55 bits per heavy atom. The predicted octanol–water partition coefficient (Wildman–Crippen LogP) is 3.33. The van der Waals surface area contributed by atoms with E-state index in [0.717, 1.165) is 25.9 Å². The van der Waals surface area contributed by atoms with Gasteiger partial charge in [-0.25, -0.2) is 0 Å². The summed E-state index contributed by atoms with van der Waals surface area (Å²) in [6, 6.07) is 4.11. The Balaban J connectivity index is 2.08. The molecule has 1 aromatic rings. The molecule has 0 aliphatic heterocycles.